The van der Waals surface area contributed by atoms with Crippen molar-refractivity contribution in [1.29, 1.82) is 0 Å². The van der Waals surface area contributed by atoms with Crippen LogP contribution in [0.25, 0.3) is 49.8 Å². The second kappa shape index (κ2) is 14.9. The molecule has 0 spiro atoms. The maximum atomic E-state index is 2.53. The summed E-state index contributed by atoms with van der Waals surface area (Å²) >= 11 is 0. The third-order valence-corrected chi connectivity index (χ3v) is 13.2. The second-order valence-electron chi connectivity index (χ2n) is 17.5. The fourth-order valence-electron chi connectivity index (χ4n) is 10.1. The molecule has 1 atom stereocenters. The fraction of sp³-hybridized carbons (Fsp3) is 0.138. The van der Waals surface area contributed by atoms with Gasteiger partial charge in [-0.15, -0.1) is 0 Å². The Labute approximate surface area is 359 Å². The highest BCUT2D eigenvalue weighted by molar-refractivity contribution is 6.11. The van der Waals surface area contributed by atoms with Crippen molar-refractivity contribution < 1.29 is 0 Å². The van der Waals surface area contributed by atoms with Crippen LogP contribution in [0.1, 0.15) is 51.2 Å². The van der Waals surface area contributed by atoms with Gasteiger partial charge >= 0.3 is 0 Å². The normalized spacial score (nSPS) is 15.3. The van der Waals surface area contributed by atoms with Gasteiger partial charge in [0, 0.05) is 56.0 Å². The molecule has 9 aromatic rings. The lowest BCUT2D eigenvalue weighted by Gasteiger charge is -2.31. The van der Waals surface area contributed by atoms with E-state index in [0.717, 1.165) is 58.4 Å². The number of hydrogen-bond acceptors (Lipinski definition) is 2. The predicted octanol–water partition coefficient (Wildman–Crippen LogP) is 16.4. The lowest BCUT2D eigenvalue weighted by atomic mass is 9.82. The van der Waals surface area contributed by atoms with Crippen LogP contribution in [-0.2, 0) is 5.41 Å². The number of benzene rings is 8. The summed E-state index contributed by atoms with van der Waals surface area (Å²) in [6, 6.07) is 71.6. The lowest BCUT2D eigenvalue weighted by Crippen LogP contribution is -2.17. The molecule has 1 heterocycles. The molecule has 11 rings (SSSR count). The fourth-order valence-corrected chi connectivity index (χ4v) is 10.1. The molecule has 0 aliphatic heterocycles. The molecular weight excluding hydrogens is 739 g/mol. The van der Waals surface area contributed by atoms with E-state index in [1.54, 1.807) is 0 Å². The standard InChI is InChI=1S/C58H49N3/c1-40-27-30-46(31-28-40)61-56-26-16-14-24-52(56)53-37-41(29-34-57(53)61)42-35-48(59(43-17-7-4-8-18-43)44-19-9-5-10-20-44)38-49(36-42)60(45-21-11-6-12-22-45)47-32-33-51-50-23-13-15-25-54(50)58(2,3)55(51)39-47/h4-26,29-30,32-40H,27-28,31H2,1-3H3. The van der Waals surface area contributed by atoms with Crippen LogP contribution in [-0.4, -0.2) is 4.57 Å². The van der Waals surface area contributed by atoms with E-state index < -0.39 is 0 Å². The molecular formula is C58H49N3. The maximum absolute atomic E-state index is 2.53. The quantitative estimate of drug-likeness (QED) is 0.152. The molecule has 8 aromatic carbocycles. The van der Waals surface area contributed by atoms with E-state index in [9.17, 15) is 0 Å². The Morgan fingerprint density at radius 1 is 0.459 bits per heavy atom. The minimum absolute atomic E-state index is 0.130. The summed E-state index contributed by atoms with van der Waals surface area (Å²) in [5.74, 6) is 0.728. The summed E-state index contributed by atoms with van der Waals surface area (Å²) < 4.78 is 2.53. The highest BCUT2D eigenvalue weighted by Crippen LogP contribution is 2.51. The van der Waals surface area contributed by atoms with Crippen LogP contribution in [0.5, 0.6) is 0 Å². The molecule has 0 amide bonds. The van der Waals surface area contributed by atoms with Gasteiger partial charge in [0.15, 0.2) is 0 Å². The molecule has 1 aromatic heterocycles. The monoisotopic (exact) mass is 787 g/mol. The first-order chi connectivity index (χ1) is 29.9. The van der Waals surface area contributed by atoms with E-state index in [1.807, 2.05) is 0 Å². The van der Waals surface area contributed by atoms with Crippen molar-refractivity contribution >= 4 is 61.6 Å². The molecule has 3 heteroatoms. The Bertz CT molecular complexity index is 3060. The number of hydrogen-bond donors (Lipinski definition) is 0. The molecule has 0 saturated heterocycles. The molecule has 0 N–H and O–H groups in total. The van der Waals surface area contributed by atoms with Crippen molar-refractivity contribution in [2.24, 2.45) is 5.92 Å². The molecule has 3 nitrogen and oxygen atoms in total. The number of para-hydroxylation sites is 4. The van der Waals surface area contributed by atoms with E-state index in [4.69, 9.17) is 0 Å². The van der Waals surface area contributed by atoms with Gasteiger partial charge in [0.1, 0.15) is 0 Å². The molecule has 0 bridgehead atoms. The van der Waals surface area contributed by atoms with E-state index in [-0.39, 0.29) is 5.41 Å². The van der Waals surface area contributed by atoms with Crippen molar-refractivity contribution in [2.45, 2.75) is 45.4 Å². The van der Waals surface area contributed by atoms with Gasteiger partial charge in [0.05, 0.1) is 11.0 Å². The van der Waals surface area contributed by atoms with Gasteiger partial charge < -0.3 is 14.4 Å². The Hall–Kier alpha value is -7.10. The SMILES string of the molecule is CC1CC=C(n2c3ccccc3c3cc(-c4cc(N(c5ccccc5)c5ccccc5)cc(N(c5ccccc5)c5ccc6c(c5)C(C)(C)c5ccccc5-6)c4)ccc32)CC1. The summed E-state index contributed by atoms with van der Waals surface area (Å²) in [6.07, 6.45) is 5.92. The highest BCUT2D eigenvalue weighted by Gasteiger charge is 2.36. The number of allylic oxidation sites excluding steroid dienone is 2. The molecule has 0 radical (unpaired) electrons. The van der Waals surface area contributed by atoms with Gasteiger partial charge in [-0.2, -0.15) is 0 Å². The first-order valence-corrected chi connectivity index (χ1v) is 21.8. The molecule has 2 aliphatic carbocycles. The first-order valence-electron chi connectivity index (χ1n) is 21.8. The highest BCUT2D eigenvalue weighted by atomic mass is 15.2. The number of anilines is 6. The summed E-state index contributed by atoms with van der Waals surface area (Å²) in [6.45, 7) is 7.10. The van der Waals surface area contributed by atoms with E-state index in [2.05, 4.69) is 235 Å². The number of nitrogens with zero attached hydrogens (tertiary/aromatic N) is 3. The van der Waals surface area contributed by atoms with Crippen LogP contribution < -0.4 is 9.80 Å². The van der Waals surface area contributed by atoms with Crippen LogP contribution in [0.15, 0.2) is 200 Å². The Kier molecular flexibility index (Phi) is 9.00. The average molecular weight is 788 g/mol. The van der Waals surface area contributed by atoms with Gasteiger partial charge in [0.25, 0.3) is 0 Å². The van der Waals surface area contributed by atoms with Crippen LogP contribution >= 0.6 is 0 Å². The molecule has 0 saturated carbocycles. The molecule has 61 heavy (non-hydrogen) atoms. The number of rotatable bonds is 8. The topological polar surface area (TPSA) is 11.4 Å². The van der Waals surface area contributed by atoms with Gasteiger partial charge in [-0.25, -0.2) is 0 Å². The van der Waals surface area contributed by atoms with Crippen molar-refractivity contribution in [3.8, 4) is 22.3 Å². The van der Waals surface area contributed by atoms with Crippen molar-refractivity contribution in [1.82, 2.24) is 4.57 Å². The zero-order valence-electron chi connectivity index (χ0n) is 35.1. The minimum Gasteiger partial charge on any atom is -0.313 e. The van der Waals surface area contributed by atoms with E-state index in [0.29, 0.717) is 0 Å². The third kappa shape index (κ3) is 6.35. The molecule has 0 fully saturated rings. The predicted molar refractivity (Wildman–Crippen MR) is 259 cm³/mol. The van der Waals surface area contributed by atoms with Crippen LogP contribution in [0.3, 0.4) is 0 Å². The van der Waals surface area contributed by atoms with Crippen molar-refractivity contribution in [2.75, 3.05) is 9.80 Å². The van der Waals surface area contributed by atoms with Crippen LogP contribution in [0, 0.1) is 5.92 Å². The summed E-state index contributed by atoms with van der Waals surface area (Å²) in [4.78, 5) is 4.83. The van der Waals surface area contributed by atoms with Gasteiger partial charge in [-0.1, -0.05) is 136 Å². The Morgan fingerprint density at radius 2 is 1.03 bits per heavy atom. The second-order valence-corrected chi connectivity index (χ2v) is 17.5. The summed E-state index contributed by atoms with van der Waals surface area (Å²) in [7, 11) is 0. The largest absolute Gasteiger partial charge is 0.313 e. The third-order valence-electron chi connectivity index (χ3n) is 13.2. The number of fused-ring (bicyclic) bond motifs is 6. The van der Waals surface area contributed by atoms with Crippen LogP contribution in [0.4, 0.5) is 34.1 Å². The Morgan fingerprint density at radius 3 is 1.69 bits per heavy atom. The summed E-state index contributed by atoms with van der Waals surface area (Å²) in [5, 5.41) is 2.57. The maximum Gasteiger partial charge on any atom is 0.0538 e. The molecule has 1 unspecified atom stereocenters. The van der Waals surface area contributed by atoms with Crippen molar-refractivity contribution in [3.05, 3.63) is 211 Å². The number of aromatic nitrogens is 1. The van der Waals surface area contributed by atoms with E-state index in [1.165, 1.54) is 61.7 Å². The van der Waals surface area contributed by atoms with Gasteiger partial charge in [0.2, 0.25) is 0 Å². The lowest BCUT2D eigenvalue weighted by molar-refractivity contribution is 0.527. The molecule has 296 valence electrons. The zero-order valence-corrected chi connectivity index (χ0v) is 35.1. The average Bonchev–Trinajstić information content (AvgIpc) is 3.75. The first kappa shape index (κ1) is 36.9. The zero-order chi connectivity index (χ0) is 41.1. The smallest absolute Gasteiger partial charge is 0.0538 e. The molecule has 2 aliphatic rings. The van der Waals surface area contributed by atoms with Gasteiger partial charge in [-0.3, -0.25) is 0 Å². The van der Waals surface area contributed by atoms with E-state index >= 15 is 0 Å². The van der Waals surface area contributed by atoms with Gasteiger partial charge in [-0.05, 0) is 143 Å². The van der Waals surface area contributed by atoms with Crippen molar-refractivity contribution in [3.63, 3.8) is 0 Å². The summed E-state index contributed by atoms with van der Waals surface area (Å²) in [5.41, 5.74) is 18.2. The minimum atomic E-state index is -0.130. The van der Waals surface area contributed by atoms with Crippen LogP contribution in [0.2, 0.25) is 0 Å². The Balaban J connectivity index is 1.15.